The fraction of sp³-hybridized carbons (Fsp3) is 0.400. The summed E-state index contributed by atoms with van der Waals surface area (Å²) in [6.07, 6.45) is 1.54. The zero-order chi connectivity index (χ0) is 11.3. The van der Waals surface area contributed by atoms with Crippen LogP contribution in [0.3, 0.4) is 0 Å². The summed E-state index contributed by atoms with van der Waals surface area (Å²) in [6.45, 7) is 4.70. The predicted molar refractivity (Wildman–Crippen MR) is 59.4 cm³/mol. The molecule has 0 amide bonds. The van der Waals surface area contributed by atoms with E-state index in [-0.39, 0.29) is 5.15 Å². The van der Waals surface area contributed by atoms with Gasteiger partial charge in [0.1, 0.15) is 10.7 Å². The lowest BCUT2D eigenvalue weighted by molar-refractivity contribution is 0.0527. The normalized spacial score (nSPS) is 9.80. The van der Waals surface area contributed by atoms with Gasteiger partial charge >= 0.3 is 5.97 Å². The topological polar surface area (TPSA) is 51.2 Å². The van der Waals surface area contributed by atoms with Crippen LogP contribution in [0, 0.1) is 0 Å². The van der Waals surface area contributed by atoms with E-state index in [0.717, 1.165) is 0 Å². The molecule has 1 aromatic rings. The third-order valence-electron chi connectivity index (χ3n) is 1.75. The molecule has 15 heavy (non-hydrogen) atoms. The molecule has 1 rings (SSSR count). The number of hydrogen-bond donors (Lipinski definition) is 1. The molecule has 0 bridgehead atoms. The van der Waals surface area contributed by atoms with Gasteiger partial charge in [-0.15, -0.1) is 0 Å². The minimum Gasteiger partial charge on any atom is -0.462 e. The van der Waals surface area contributed by atoms with Crippen LogP contribution < -0.4 is 5.32 Å². The van der Waals surface area contributed by atoms with Crippen LogP contribution in [0.25, 0.3) is 0 Å². The number of pyridine rings is 1. The van der Waals surface area contributed by atoms with E-state index in [4.69, 9.17) is 16.3 Å². The Labute approximate surface area is 93.6 Å². The van der Waals surface area contributed by atoms with E-state index >= 15 is 0 Å². The van der Waals surface area contributed by atoms with Crippen molar-refractivity contribution in [1.29, 1.82) is 0 Å². The fourth-order valence-electron chi connectivity index (χ4n) is 1.17. The lowest BCUT2D eigenvalue weighted by atomic mass is 10.2. The summed E-state index contributed by atoms with van der Waals surface area (Å²) >= 11 is 5.84. The summed E-state index contributed by atoms with van der Waals surface area (Å²) in [5.41, 5.74) is 0.943. The highest BCUT2D eigenvalue weighted by atomic mass is 35.5. The van der Waals surface area contributed by atoms with Gasteiger partial charge in [0.2, 0.25) is 0 Å². The molecule has 1 aromatic heterocycles. The maximum absolute atomic E-state index is 11.6. The minimum atomic E-state index is -0.452. The number of nitrogens with one attached hydrogen (secondary N) is 1. The summed E-state index contributed by atoms with van der Waals surface area (Å²) in [5.74, 6) is -0.452. The second-order valence-corrected chi connectivity index (χ2v) is 3.13. The molecule has 0 atom stereocenters. The SMILES string of the molecule is CCNc1ccnc(Cl)c1C(=O)OCC. The molecule has 0 unspecified atom stereocenters. The van der Waals surface area contributed by atoms with Crippen LogP contribution in [0.2, 0.25) is 5.15 Å². The van der Waals surface area contributed by atoms with E-state index < -0.39 is 5.97 Å². The Morgan fingerprint density at radius 3 is 2.93 bits per heavy atom. The molecular weight excluding hydrogens is 216 g/mol. The average Bonchev–Trinajstić information content (AvgIpc) is 2.18. The molecule has 0 aliphatic heterocycles. The van der Waals surface area contributed by atoms with Crippen molar-refractivity contribution < 1.29 is 9.53 Å². The van der Waals surface area contributed by atoms with Gasteiger partial charge in [0.15, 0.2) is 0 Å². The Morgan fingerprint density at radius 2 is 2.33 bits per heavy atom. The van der Waals surface area contributed by atoms with Crippen molar-refractivity contribution >= 4 is 23.3 Å². The lowest BCUT2D eigenvalue weighted by Crippen LogP contribution is -2.11. The molecule has 82 valence electrons. The van der Waals surface area contributed by atoms with Crippen LogP contribution in [-0.2, 0) is 4.74 Å². The number of hydrogen-bond acceptors (Lipinski definition) is 4. The lowest BCUT2D eigenvalue weighted by Gasteiger charge is -2.10. The Kier molecular flexibility index (Phi) is 4.37. The summed E-state index contributed by atoms with van der Waals surface area (Å²) in [7, 11) is 0. The molecule has 0 aliphatic rings. The van der Waals surface area contributed by atoms with Crippen molar-refractivity contribution in [3.8, 4) is 0 Å². The first-order chi connectivity index (χ1) is 7.20. The number of carbonyl (C=O) groups is 1. The number of anilines is 1. The second-order valence-electron chi connectivity index (χ2n) is 2.78. The van der Waals surface area contributed by atoms with Crippen molar-refractivity contribution in [2.24, 2.45) is 0 Å². The summed E-state index contributed by atoms with van der Waals surface area (Å²) < 4.78 is 4.89. The molecule has 1 N–H and O–H groups in total. The second kappa shape index (κ2) is 5.56. The number of carbonyl (C=O) groups excluding carboxylic acids is 1. The zero-order valence-corrected chi connectivity index (χ0v) is 9.47. The maximum Gasteiger partial charge on any atom is 0.343 e. The van der Waals surface area contributed by atoms with Gasteiger partial charge in [0.05, 0.1) is 12.3 Å². The molecule has 4 nitrogen and oxygen atoms in total. The van der Waals surface area contributed by atoms with Gasteiger partial charge in [-0.2, -0.15) is 0 Å². The van der Waals surface area contributed by atoms with Crippen LogP contribution in [-0.4, -0.2) is 24.1 Å². The predicted octanol–water partition coefficient (Wildman–Crippen LogP) is 2.34. The average molecular weight is 229 g/mol. The number of halogens is 1. The molecule has 0 aliphatic carbocycles. The molecule has 0 radical (unpaired) electrons. The van der Waals surface area contributed by atoms with Crippen molar-refractivity contribution in [3.63, 3.8) is 0 Å². The molecule has 0 aromatic carbocycles. The maximum atomic E-state index is 11.6. The number of ether oxygens (including phenoxy) is 1. The van der Waals surface area contributed by atoms with Gasteiger partial charge in [-0.1, -0.05) is 11.6 Å². The largest absolute Gasteiger partial charge is 0.462 e. The van der Waals surface area contributed by atoms with E-state index in [1.165, 1.54) is 0 Å². The first kappa shape index (κ1) is 11.8. The van der Waals surface area contributed by atoms with E-state index in [1.54, 1.807) is 19.2 Å². The van der Waals surface area contributed by atoms with Crippen LogP contribution in [0.15, 0.2) is 12.3 Å². The summed E-state index contributed by atoms with van der Waals surface area (Å²) in [6, 6.07) is 1.70. The van der Waals surface area contributed by atoms with Crippen molar-refractivity contribution in [2.75, 3.05) is 18.5 Å². The Balaban J connectivity index is 3.06. The van der Waals surface area contributed by atoms with E-state index in [2.05, 4.69) is 10.3 Å². The van der Waals surface area contributed by atoms with Gasteiger partial charge in [0, 0.05) is 12.7 Å². The van der Waals surface area contributed by atoms with Crippen LogP contribution in [0.1, 0.15) is 24.2 Å². The standard InChI is InChI=1S/C10H13ClN2O2/c1-3-12-7-5-6-13-9(11)8(7)10(14)15-4-2/h5-6H,3-4H2,1-2H3,(H,12,13). The highest BCUT2D eigenvalue weighted by molar-refractivity contribution is 6.33. The molecule has 1 heterocycles. The number of esters is 1. The van der Waals surface area contributed by atoms with Gasteiger partial charge in [-0.25, -0.2) is 9.78 Å². The van der Waals surface area contributed by atoms with Gasteiger partial charge in [-0.05, 0) is 19.9 Å². The molecule has 0 saturated heterocycles. The van der Waals surface area contributed by atoms with Gasteiger partial charge < -0.3 is 10.1 Å². The first-order valence-corrected chi connectivity index (χ1v) is 5.14. The van der Waals surface area contributed by atoms with Crippen LogP contribution in [0.4, 0.5) is 5.69 Å². The Hall–Kier alpha value is -1.29. The Bertz CT molecular complexity index is 355. The quantitative estimate of drug-likeness (QED) is 0.635. The number of nitrogens with zero attached hydrogens (tertiary/aromatic N) is 1. The first-order valence-electron chi connectivity index (χ1n) is 4.76. The van der Waals surface area contributed by atoms with E-state index in [0.29, 0.717) is 24.4 Å². The van der Waals surface area contributed by atoms with Crippen LogP contribution in [0.5, 0.6) is 0 Å². The number of rotatable bonds is 4. The summed E-state index contributed by atoms with van der Waals surface area (Å²) in [5, 5.41) is 3.19. The molecule has 5 heteroatoms. The third kappa shape index (κ3) is 2.83. The van der Waals surface area contributed by atoms with Crippen molar-refractivity contribution in [1.82, 2.24) is 4.98 Å². The molecule has 0 fully saturated rings. The Morgan fingerprint density at radius 1 is 1.60 bits per heavy atom. The number of aromatic nitrogens is 1. The molecular formula is C10H13ClN2O2. The van der Waals surface area contributed by atoms with Crippen LogP contribution >= 0.6 is 11.6 Å². The monoisotopic (exact) mass is 228 g/mol. The highest BCUT2D eigenvalue weighted by Crippen LogP contribution is 2.22. The van der Waals surface area contributed by atoms with Crippen molar-refractivity contribution in [2.45, 2.75) is 13.8 Å². The zero-order valence-electron chi connectivity index (χ0n) is 8.71. The smallest absolute Gasteiger partial charge is 0.343 e. The van der Waals surface area contributed by atoms with Gasteiger partial charge in [-0.3, -0.25) is 0 Å². The summed E-state index contributed by atoms with van der Waals surface area (Å²) in [4.78, 5) is 15.4. The molecule has 0 spiro atoms. The van der Waals surface area contributed by atoms with E-state index in [1.807, 2.05) is 6.92 Å². The highest BCUT2D eigenvalue weighted by Gasteiger charge is 2.17. The molecule has 0 saturated carbocycles. The van der Waals surface area contributed by atoms with Crippen molar-refractivity contribution in [3.05, 3.63) is 23.0 Å². The minimum absolute atomic E-state index is 0.159. The van der Waals surface area contributed by atoms with E-state index in [9.17, 15) is 4.79 Å². The fourth-order valence-corrected chi connectivity index (χ4v) is 1.41. The third-order valence-corrected chi connectivity index (χ3v) is 2.04. The van der Waals surface area contributed by atoms with Gasteiger partial charge in [0.25, 0.3) is 0 Å².